The first kappa shape index (κ1) is 17.6. The number of hydrogen-bond acceptors (Lipinski definition) is 4. The molecule has 3 rings (SSSR count). The Hall–Kier alpha value is -2.21. The molecular weight excluding hydrogens is 336 g/mol. The molecule has 132 valence electrons. The van der Waals surface area contributed by atoms with Gasteiger partial charge in [0.1, 0.15) is 5.01 Å². The van der Waals surface area contributed by atoms with Gasteiger partial charge in [0.15, 0.2) is 0 Å². The Balaban J connectivity index is 1.60. The fourth-order valence-electron chi connectivity index (χ4n) is 3.25. The molecule has 0 radical (unpaired) electrons. The lowest BCUT2D eigenvalue weighted by molar-refractivity contribution is -0.142. The number of benzene rings is 1. The molecule has 2 aromatic rings. The SMILES string of the molecule is CCc1ccc(-c2nc(CC(=O)N[C@@H]3CCC[C@@H]3C(=O)O)cs2)cc1. The second kappa shape index (κ2) is 7.78. The number of rotatable bonds is 6. The minimum Gasteiger partial charge on any atom is -0.481 e. The number of aliphatic carboxylic acids is 1. The molecule has 2 N–H and O–H groups in total. The Morgan fingerprint density at radius 3 is 2.72 bits per heavy atom. The average Bonchev–Trinajstić information content (AvgIpc) is 3.24. The van der Waals surface area contributed by atoms with Crippen molar-refractivity contribution in [1.29, 1.82) is 0 Å². The van der Waals surface area contributed by atoms with E-state index in [-0.39, 0.29) is 18.4 Å². The van der Waals surface area contributed by atoms with Gasteiger partial charge in [-0.1, -0.05) is 37.6 Å². The monoisotopic (exact) mass is 358 g/mol. The third-order valence-electron chi connectivity index (χ3n) is 4.68. The van der Waals surface area contributed by atoms with Crippen LogP contribution in [-0.4, -0.2) is 28.0 Å². The maximum absolute atomic E-state index is 12.2. The molecule has 1 aliphatic rings. The van der Waals surface area contributed by atoms with E-state index in [1.165, 1.54) is 16.9 Å². The first-order chi connectivity index (χ1) is 12.1. The van der Waals surface area contributed by atoms with Crippen molar-refractivity contribution in [2.45, 2.75) is 45.1 Å². The standard InChI is InChI=1S/C19H22N2O3S/c1-2-12-6-8-13(9-7-12)18-20-14(11-25-18)10-17(22)21-16-5-3-4-15(16)19(23)24/h6-9,11,15-16H,2-5,10H2,1H3,(H,21,22)(H,23,24)/t15-,16+/m0/s1. The summed E-state index contributed by atoms with van der Waals surface area (Å²) >= 11 is 1.52. The van der Waals surface area contributed by atoms with Crippen LogP contribution in [0.4, 0.5) is 0 Å². The predicted molar refractivity (Wildman–Crippen MR) is 97.5 cm³/mol. The number of aromatic nitrogens is 1. The number of carbonyl (C=O) groups excluding carboxylic acids is 1. The fraction of sp³-hybridized carbons (Fsp3) is 0.421. The van der Waals surface area contributed by atoms with Crippen molar-refractivity contribution < 1.29 is 14.7 Å². The molecule has 0 spiro atoms. The minimum absolute atomic E-state index is 0.156. The number of hydrogen-bond donors (Lipinski definition) is 2. The highest BCUT2D eigenvalue weighted by molar-refractivity contribution is 7.13. The maximum atomic E-state index is 12.2. The molecule has 25 heavy (non-hydrogen) atoms. The summed E-state index contributed by atoms with van der Waals surface area (Å²) < 4.78 is 0. The minimum atomic E-state index is -0.825. The van der Waals surface area contributed by atoms with Crippen LogP contribution < -0.4 is 5.32 Å². The first-order valence-electron chi connectivity index (χ1n) is 8.62. The van der Waals surface area contributed by atoms with Crippen molar-refractivity contribution in [2.24, 2.45) is 5.92 Å². The molecular formula is C19H22N2O3S. The number of carbonyl (C=O) groups is 2. The summed E-state index contributed by atoms with van der Waals surface area (Å²) in [6, 6.07) is 8.03. The maximum Gasteiger partial charge on any atom is 0.308 e. The Morgan fingerprint density at radius 2 is 2.04 bits per heavy atom. The van der Waals surface area contributed by atoms with Gasteiger partial charge >= 0.3 is 5.97 Å². The van der Waals surface area contributed by atoms with Crippen LogP contribution >= 0.6 is 11.3 Å². The first-order valence-corrected chi connectivity index (χ1v) is 9.50. The number of thiazole rings is 1. The summed E-state index contributed by atoms with van der Waals surface area (Å²) in [7, 11) is 0. The number of carboxylic acid groups (broad SMARTS) is 1. The molecule has 1 aromatic carbocycles. The quantitative estimate of drug-likeness (QED) is 0.830. The van der Waals surface area contributed by atoms with Crippen molar-refractivity contribution >= 4 is 23.2 Å². The van der Waals surface area contributed by atoms with Crippen LogP contribution in [0.2, 0.25) is 0 Å². The van der Waals surface area contributed by atoms with Crippen LogP contribution in [-0.2, 0) is 22.4 Å². The molecule has 0 bridgehead atoms. The number of aryl methyl sites for hydroxylation is 1. The van der Waals surface area contributed by atoms with Gasteiger partial charge in [0.2, 0.25) is 5.91 Å². The summed E-state index contributed by atoms with van der Waals surface area (Å²) in [5.41, 5.74) is 3.06. The largest absolute Gasteiger partial charge is 0.481 e. The van der Waals surface area contributed by atoms with E-state index in [1.54, 1.807) is 0 Å². The highest BCUT2D eigenvalue weighted by Crippen LogP contribution is 2.27. The highest BCUT2D eigenvalue weighted by atomic mass is 32.1. The van der Waals surface area contributed by atoms with Crippen LogP contribution in [0.5, 0.6) is 0 Å². The second-order valence-corrected chi connectivity index (χ2v) is 7.28. The molecule has 0 unspecified atom stereocenters. The van der Waals surface area contributed by atoms with Gasteiger partial charge in [-0.3, -0.25) is 9.59 Å². The molecule has 1 heterocycles. The summed E-state index contributed by atoms with van der Waals surface area (Å²) in [6.07, 6.45) is 3.40. The fourth-order valence-corrected chi connectivity index (χ4v) is 4.08. The number of amides is 1. The van der Waals surface area contributed by atoms with E-state index in [0.717, 1.165) is 35.5 Å². The van der Waals surface area contributed by atoms with Crippen molar-refractivity contribution in [3.63, 3.8) is 0 Å². The van der Waals surface area contributed by atoms with Crippen LogP contribution in [0.15, 0.2) is 29.6 Å². The molecule has 0 aliphatic heterocycles. The van der Waals surface area contributed by atoms with Gasteiger partial charge in [0.05, 0.1) is 18.0 Å². The molecule has 5 nitrogen and oxygen atoms in total. The zero-order valence-electron chi connectivity index (χ0n) is 14.2. The summed E-state index contributed by atoms with van der Waals surface area (Å²) in [5.74, 6) is -1.45. The summed E-state index contributed by atoms with van der Waals surface area (Å²) in [4.78, 5) is 28.0. The van der Waals surface area contributed by atoms with E-state index in [0.29, 0.717) is 6.42 Å². The van der Waals surface area contributed by atoms with Crippen LogP contribution in [0.3, 0.4) is 0 Å². The molecule has 2 atom stereocenters. The van der Waals surface area contributed by atoms with E-state index in [4.69, 9.17) is 0 Å². The Morgan fingerprint density at radius 1 is 1.28 bits per heavy atom. The molecule has 6 heteroatoms. The number of nitrogens with zero attached hydrogens (tertiary/aromatic N) is 1. The van der Waals surface area contributed by atoms with Gasteiger partial charge < -0.3 is 10.4 Å². The number of carboxylic acids is 1. The van der Waals surface area contributed by atoms with Crippen LogP contribution in [0.1, 0.15) is 37.4 Å². The van der Waals surface area contributed by atoms with Gasteiger partial charge in [-0.05, 0) is 24.8 Å². The normalized spacial score (nSPS) is 19.7. The molecule has 1 aliphatic carbocycles. The molecule has 1 fully saturated rings. The molecule has 1 aromatic heterocycles. The van der Waals surface area contributed by atoms with Gasteiger partial charge in [0.25, 0.3) is 0 Å². The Bertz CT molecular complexity index is 754. The van der Waals surface area contributed by atoms with E-state index < -0.39 is 11.9 Å². The van der Waals surface area contributed by atoms with E-state index in [2.05, 4.69) is 41.5 Å². The molecule has 1 amide bonds. The topological polar surface area (TPSA) is 79.3 Å². The van der Waals surface area contributed by atoms with E-state index in [1.807, 2.05) is 5.38 Å². The molecule has 0 saturated heterocycles. The number of nitrogens with one attached hydrogen (secondary N) is 1. The Labute approximate surface area is 151 Å². The van der Waals surface area contributed by atoms with Gasteiger partial charge in [-0.2, -0.15) is 0 Å². The summed E-state index contributed by atoms with van der Waals surface area (Å²) in [6.45, 7) is 2.12. The summed E-state index contributed by atoms with van der Waals surface area (Å²) in [5, 5.41) is 14.9. The highest BCUT2D eigenvalue weighted by Gasteiger charge is 2.33. The average molecular weight is 358 g/mol. The van der Waals surface area contributed by atoms with Gasteiger partial charge in [-0.25, -0.2) is 4.98 Å². The van der Waals surface area contributed by atoms with Crippen molar-refractivity contribution in [2.75, 3.05) is 0 Å². The zero-order chi connectivity index (χ0) is 17.8. The predicted octanol–water partition coefficient (Wildman–Crippen LogP) is 3.28. The third-order valence-corrected chi connectivity index (χ3v) is 5.62. The Kier molecular flexibility index (Phi) is 5.48. The van der Waals surface area contributed by atoms with Gasteiger partial charge in [-0.15, -0.1) is 11.3 Å². The lowest BCUT2D eigenvalue weighted by Crippen LogP contribution is -2.40. The van der Waals surface area contributed by atoms with Crippen molar-refractivity contribution in [3.05, 3.63) is 40.9 Å². The van der Waals surface area contributed by atoms with Crippen LogP contribution in [0, 0.1) is 5.92 Å². The second-order valence-electron chi connectivity index (χ2n) is 6.42. The zero-order valence-corrected chi connectivity index (χ0v) is 15.0. The lowest BCUT2D eigenvalue weighted by Gasteiger charge is -2.17. The van der Waals surface area contributed by atoms with E-state index in [9.17, 15) is 14.7 Å². The van der Waals surface area contributed by atoms with Crippen molar-refractivity contribution in [3.8, 4) is 10.6 Å². The molecule has 1 saturated carbocycles. The third kappa shape index (κ3) is 4.25. The van der Waals surface area contributed by atoms with Crippen molar-refractivity contribution in [1.82, 2.24) is 10.3 Å². The lowest BCUT2D eigenvalue weighted by atomic mass is 10.0. The van der Waals surface area contributed by atoms with E-state index >= 15 is 0 Å². The smallest absolute Gasteiger partial charge is 0.308 e. The van der Waals surface area contributed by atoms with Gasteiger partial charge in [0, 0.05) is 17.0 Å². The van der Waals surface area contributed by atoms with Crippen LogP contribution in [0.25, 0.3) is 10.6 Å².